The van der Waals surface area contributed by atoms with E-state index in [-0.39, 0.29) is 5.60 Å². The average molecular weight is 239 g/mol. The van der Waals surface area contributed by atoms with Crippen LogP contribution in [0.25, 0.3) is 0 Å². The average Bonchev–Trinajstić information content (AvgIpc) is 2.78. The molecule has 2 aliphatic rings. The Morgan fingerprint density at radius 2 is 2.06 bits per heavy atom. The molecule has 0 aromatic heterocycles. The minimum atomic E-state index is 0.269. The van der Waals surface area contributed by atoms with Crippen LogP contribution in [-0.2, 0) is 4.74 Å². The van der Waals surface area contributed by atoms with Gasteiger partial charge in [0.25, 0.3) is 0 Å². The fourth-order valence-corrected chi connectivity index (χ4v) is 3.98. The fourth-order valence-electron chi connectivity index (χ4n) is 3.98. The van der Waals surface area contributed by atoms with Crippen molar-refractivity contribution in [1.82, 2.24) is 5.32 Å². The maximum atomic E-state index is 6.14. The van der Waals surface area contributed by atoms with Gasteiger partial charge in [-0.3, -0.25) is 0 Å². The lowest BCUT2D eigenvalue weighted by atomic mass is 9.76. The molecule has 1 N–H and O–H groups in total. The highest BCUT2D eigenvalue weighted by atomic mass is 16.5. The van der Waals surface area contributed by atoms with E-state index in [2.05, 4.69) is 26.2 Å². The van der Waals surface area contributed by atoms with Crippen LogP contribution in [0.2, 0.25) is 0 Å². The van der Waals surface area contributed by atoms with Crippen molar-refractivity contribution in [1.29, 1.82) is 0 Å². The van der Waals surface area contributed by atoms with E-state index in [0.29, 0.717) is 6.04 Å². The van der Waals surface area contributed by atoms with Gasteiger partial charge in [0.05, 0.1) is 5.60 Å². The zero-order valence-corrected chi connectivity index (χ0v) is 11.8. The molecule has 1 aliphatic heterocycles. The summed E-state index contributed by atoms with van der Waals surface area (Å²) in [6.07, 6.45) is 9.18. The third-order valence-corrected chi connectivity index (χ3v) is 5.14. The molecule has 0 radical (unpaired) electrons. The van der Waals surface area contributed by atoms with E-state index in [1.807, 2.05) is 0 Å². The molecule has 1 heterocycles. The number of rotatable bonds is 4. The van der Waals surface area contributed by atoms with E-state index in [1.54, 1.807) is 0 Å². The van der Waals surface area contributed by atoms with Crippen LogP contribution >= 0.6 is 0 Å². The molecule has 100 valence electrons. The third-order valence-electron chi connectivity index (χ3n) is 5.14. The zero-order valence-electron chi connectivity index (χ0n) is 11.8. The summed E-state index contributed by atoms with van der Waals surface area (Å²) >= 11 is 0. The summed E-state index contributed by atoms with van der Waals surface area (Å²) in [5.74, 6) is 1.60. The first kappa shape index (κ1) is 13.4. The van der Waals surface area contributed by atoms with Crippen LogP contribution in [-0.4, -0.2) is 25.3 Å². The zero-order chi connectivity index (χ0) is 12.3. The summed E-state index contributed by atoms with van der Waals surface area (Å²) in [5.41, 5.74) is 0.269. The molecule has 0 aromatic carbocycles. The molecule has 2 nitrogen and oxygen atoms in total. The van der Waals surface area contributed by atoms with Crippen LogP contribution < -0.4 is 5.32 Å². The van der Waals surface area contributed by atoms with Gasteiger partial charge in [-0.1, -0.05) is 33.1 Å². The van der Waals surface area contributed by atoms with Crippen molar-refractivity contribution >= 4 is 0 Å². The van der Waals surface area contributed by atoms with Crippen LogP contribution in [0.3, 0.4) is 0 Å². The highest BCUT2D eigenvalue weighted by Gasteiger charge is 2.42. The Morgan fingerprint density at radius 1 is 1.35 bits per heavy atom. The molecular weight excluding hydrogens is 210 g/mol. The summed E-state index contributed by atoms with van der Waals surface area (Å²) in [6.45, 7) is 5.68. The van der Waals surface area contributed by atoms with Gasteiger partial charge >= 0.3 is 0 Å². The maximum absolute atomic E-state index is 6.14. The van der Waals surface area contributed by atoms with Crippen molar-refractivity contribution < 1.29 is 4.74 Å². The van der Waals surface area contributed by atoms with Gasteiger partial charge in [-0.15, -0.1) is 0 Å². The molecule has 2 fully saturated rings. The van der Waals surface area contributed by atoms with Crippen LogP contribution in [0.1, 0.15) is 58.8 Å². The number of ether oxygens (including phenoxy) is 1. The van der Waals surface area contributed by atoms with Gasteiger partial charge in [-0.2, -0.15) is 0 Å². The SMILES string of the molecule is CCC(C)C(NC)C1CCOC2(CCCC2)C1. The molecule has 3 atom stereocenters. The van der Waals surface area contributed by atoms with Crippen molar-refractivity contribution in [3.63, 3.8) is 0 Å². The summed E-state index contributed by atoms with van der Waals surface area (Å²) in [6, 6.07) is 0.682. The van der Waals surface area contributed by atoms with Crippen LogP contribution in [0.4, 0.5) is 0 Å². The molecule has 0 aromatic rings. The van der Waals surface area contributed by atoms with Gasteiger partial charge in [-0.05, 0) is 44.6 Å². The Labute approximate surface area is 107 Å². The second kappa shape index (κ2) is 5.71. The first-order valence-corrected chi connectivity index (χ1v) is 7.52. The molecule has 3 unspecified atom stereocenters. The largest absolute Gasteiger partial charge is 0.375 e. The van der Waals surface area contributed by atoms with Crippen molar-refractivity contribution in [3.05, 3.63) is 0 Å². The lowest BCUT2D eigenvalue weighted by molar-refractivity contribution is -0.100. The van der Waals surface area contributed by atoms with Gasteiger partial charge in [-0.25, -0.2) is 0 Å². The molecule has 17 heavy (non-hydrogen) atoms. The van der Waals surface area contributed by atoms with E-state index < -0.39 is 0 Å². The highest BCUT2D eigenvalue weighted by Crippen LogP contribution is 2.43. The van der Waals surface area contributed by atoms with Crippen molar-refractivity contribution in [2.45, 2.75) is 70.4 Å². The van der Waals surface area contributed by atoms with E-state index >= 15 is 0 Å². The Bertz CT molecular complexity index is 235. The van der Waals surface area contributed by atoms with Gasteiger partial charge in [0.1, 0.15) is 0 Å². The molecular formula is C15H29NO. The second-order valence-electron chi connectivity index (χ2n) is 6.19. The molecule has 0 amide bonds. The van der Waals surface area contributed by atoms with Gasteiger partial charge in [0.15, 0.2) is 0 Å². The normalized spacial score (nSPS) is 31.6. The van der Waals surface area contributed by atoms with Crippen molar-refractivity contribution in [3.8, 4) is 0 Å². The molecule has 1 saturated heterocycles. The number of nitrogens with one attached hydrogen (secondary N) is 1. The topological polar surface area (TPSA) is 21.3 Å². The predicted octanol–water partition coefficient (Wildman–Crippen LogP) is 3.36. The van der Waals surface area contributed by atoms with Crippen molar-refractivity contribution in [2.75, 3.05) is 13.7 Å². The lowest BCUT2D eigenvalue weighted by Gasteiger charge is -2.42. The van der Waals surface area contributed by atoms with E-state index in [0.717, 1.165) is 18.4 Å². The number of hydrogen-bond acceptors (Lipinski definition) is 2. The quantitative estimate of drug-likeness (QED) is 0.812. The molecule has 1 saturated carbocycles. The Hall–Kier alpha value is -0.0800. The monoisotopic (exact) mass is 239 g/mol. The maximum Gasteiger partial charge on any atom is 0.0685 e. The molecule has 2 heteroatoms. The first-order valence-electron chi connectivity index (χ1n) is 7.52. The highest BCUT2D eigenvalue weighted by molar-refractivity contribution is 4.94. The fraction of sp³-hybridized carbons (Fsp3) is 1.00. The second-order valence-corrected chi connectivity index (χ2v) is 6.19. The first-order chi connectivity index (χ1) is 8.21. The Kier molecular flexibility index (Phi) is 4.48. The molecule has 1 spiro atoms. The van der Waals surface area contributed by atoms with Gasteiger partial charge in [0.2, 0.25) is 0 Å². The molecule has 0 bridgehead atoms. The minimum Gasteiger partial charge on any atom is -0.375 e. The number of hydrogen-bond donors (Lipinski definition) is 1. The molecule has 1 aliphatic carbocycles. The van der Waals surface area contributed by atoms with E-state index in [9.17, 15) is 0 Å². The summed E-state index contributed by atoms with van der Waals surface area (Å²) in [4.78, 5) is 0. The summed E-state index contributed by atoms with van der Waals surface area (Å²) < 4.78 is 6.14. The van der Waals surface area contributed by atoms with Gasteiger partial charge in [0, 0.05) is 12.6 Å². The lowest BCUT2D eigenvalue weighted by Crippen LogP contribution is -2.47. The van der Waals surface area contributed by atoms with Crippen molar-refractivity contribution in [2.24, 2.45) is 11.8 Å². The van der Waals surface area contributed by atoms with E-state index in [1.165, 1.54) is 44.9 Å². The standard InChI is InChI=1S/C15H29NO/c1-4-12(2)14(16-3)13-7-10-17-15(11-13)8-5-6-9-15/h12-14,16H,4-11H2,1-3H3. The van der Waals surface area contributed by atoms with Crippen LogP contribution in [0, 0.1) is 11.8 Å². The smallest absolute Gasteiger partial charge is 0.0685 e. The predicted molar refractivity (Wildman–Crippen MR) is 72.2 cm³/mol. The Morgan fingerprint density at radius 3 is 2.65 bits per heavy atom. The van der Waals surface area contributed by atoms with Gasteiger partial charge < -0.3 is 10.1 Å². The Balaban J connectivity index is 2.00. The minimum absolute atomic E-state index is 0.269. The summed E-state index contributed by atoms with van der Waals surface area (Å²) in [5, 5.41) is 3.57. The molecule has 2 rings (SSSR count). The third kappa shape index (κ3) is 2.85. The summed E-state index contributed by atoms with van der Waals surface area (Å²) in [7, 11) is 2.13. The van der Waals surface area contributed by atoms with E-state index in [4.69, 9.17) is 4.74 Å². The van der Waals surface area contributed by atoms with Crippen LogP contribution in [0.15, 0.2) is 0 Å². The van der Waals surface area contributed by atoms with Crippen LogP contribution in [0.5, 0.6) is 0 Å².